The van der Waals surface area contributed by atoms with Crippen LogP contribution in [0.3, 0.4) is 0 Å². The van der Waals surface area contributed by atoms with Crippen molar-refractivity contribution in [2.24, 2.45) is 0 Å². The van der Waals surface area contributed by atoms with Crippen LogP contribution in [0.15, 0.2) is 109 Å². The fourth-order valence-corrected chi connectivity index (χ4v) is 7.91. The van der Waals surface area contributed by atoms with Crippen LogP contribution in [-0.4, -0.2) is 73.5 Å². The van der Waals surface area contributed by atoms with Gasteiger partial charge >= 0.3 is 12.2 Å². The molecular formula is C47H60N4O4. The second-order valence-corrected chi connectivity index (χ2v) is 15.1. The molecule has 292 valence electrons. The molecule has 8 nitrogen and oxygen atoms in total. The number of hydrogen-bond donors (Lipinski definition) is 2. The number of nitrogens with zero attached hydrogens (tertiary/aromatic N) is 2. The van der Waals surface area contributed by atoms with E-state index in [2.05, 4.69) is 20.4 Å². The first-order valence-electron chi connectivity index (χ1n) is 20.8. The van der Waals surface area contributed by atoms with Crippen LogP contribution in [0.5, 0.6) is 0 Å². The lowest BCUT2D eigenvalue weighted by Crippen LogP contribution is -2.38. The maximum Gasteiger partial charge on any atom is 0.411 e. The molecule has 2 aliphatic heterocycles. The number of rotatable bonds is 18. The van der Waals surface area contributed by atoms with Crippen molar-refractivity contribution in [1.29, 1.82) is 0 Å². The van der Waals surface area contributed by atoms with Gasteiger partial charge in [-0.1, -0.05) is 142 Å². The van der Waals surface area contributed by atoms with Crippen LogP contribution in [0.1, 0.15) is 83.5 Å². The SMILES string of the molecule is O=C(Nc1ccccc1-c1ccccc1)OC1CCN(CCCCCCCCCCCN2CCC(OC(=O)Nc3ccccc3-c3ccccc3)CC2)CC1. The first-order chi connectivity index (χ1) is 27.1. The Morgan fingerprint density at radius 1 is 0.455 bits per heavy atom. The van der Waals surface area contributed by atoms with Gasteiger partial charge in [0.25, 0.3) is 0 Å². The second-order valence-electron chi connectivity index (χ2n) is 15.1. The van der Waals surface area contributed by atoms with Crippen molar-refractivity contribution in [3.05, 3.63) is 109 Å². The number of carbonyl (C=O) groups is 2. The van der Waals surface area contributed by atoms with Crippen LogP contribution in [-0.2, 0) is 9.47 Å². The molecule has 0 spiro atoms. The molecule has 6 rings (SSSR count). The van der Waals surface area contributed by atoms with Crippen molar-refractivity contribution in [2.75, 3.05) is 49.9 Å². The number of para-hydroxylation sites is 2. The molecule has 0 bridgehead atoms. The topological polar surface area (TPSA) is 83.1 Å². The van der Waals surface area contributed by atoms with Gasteiger partial charge in [-0.25, -0.2) is 9.59 Å². The molecule has 0 unspecified atom stereocenters. The highest BCUT2D eigenvalue weighted by molar-refractivity contribution is 5.92. The van der Waals surface area contributed by atoms with Crippen molar-refractivity contribution in [1.82, 2.24) is 9.80 Å². The van der Waals surface area contributed by atoms with Crippen LogP contribution >= 0.6 is 0 Å². The maximum absolute atomic E-state index is 12.7. The third-order valence-electron chi connectivity index (χ3n) is 11.1. The molecule has 0 radical (unpaired) electrons. The minimum atomic E-state index is -0.366. The number of carbonyl (C=O) groups excluding carboxylic acids is 2. The van der Waals surface area contributed by atoms with E-state index >= 15 is 0 Å². The summed E-state index contributed by atoms with van der Waals surface area (Å²) in [6, 6.07) is 35.9. The third-order valence-corrected chi connectivity index (χ3v) is 11.1. The molecule has 2 fully saturated rings. The molecule has 8 heteroatoms. The predicted octanol–water partition coefficient (Wildman–Crippen LogP) is 11.3. The first kappa shape index (κ1) is 40.0. The number of hydrogen-bond acceptors (Lipinski definition) is 6. The monoisotopic (exact) mass is 744 g/mol. The Kier molecular flexibility index (Phi) is 16.0. The van der Waals surface area contributed by atoms with E-state index in [1.165, 1.54) is 57.8 Å². The number of piperidine rings is 2. The minimum Gasteiger partial charge on any atom is -0.446 e. The number of likely N-dealkylation sites (tertiary alicyclic amines) is 2. The van der Waals surface area contributed by atoms with E-state index < -0.39 is 0 Å². The largest absolute Gasteiger partial charge is 0.446 e. The molecule has 2 N–H and O–H groups in total. The van der Waals surface area contributed by atoms with Gasteiger partial charge in [-0.2, -0.15) is 0 Å². The van der Waals surface area contributed by atoms with Crippen LogP contribution < -0.4 is 10.6 Å². The summed E-state index contributed by atoms with van der Waals surface area (Å²) in [6.45, 7) is 6.25. The van der Waals surface area contributed by atoms with Crippen molar-refractivity contribution in [2.45, 2.75) is 95.7 Å². The highest BCUT2D eigenvalue weighted by Crippen LogP contribution is 2.29. The molecule has 0 atom stereocenters. The van der Waals surface area contributed by atoms with Gasteiger partial charge in [0.1, 0.15) is 12.2 Å². The van der Waals surface area contributed by atoms with Crippen molar-refractivity contribution in [3.63, 3.8) is 0 Å². The predicted molar refractivity (Wildman–Crippen MR) is 224 cm³/mol. The summed E-state index contributed by atoms with van der Waals surface area (Å²) in [5, 5.41) is 5.96. The average molecular weight is 745 g/mol. The number of anilines is 2. The molecule has 2 saturated heterocycles. The number of nitrogens with one attached hydrogen (secondary N) is 2. The van der Waals surface area contributed by atoms with E-state index in [1.54, 1.807) is 0 Å². The van der Waals surface area contributed by atoms with Gasteiger partial charge < -0.3 is 19.3 Å². The second kappa shape index (κ2) is 22.0. The minimum absolute atomic E-state index is 0.0259. The van der Waals surface area contributed by atoms with Crippen LogP contribution in [0.25, 0.3) is 22.3 Å². The summed E-state index contributed by atoms with van der Waals surface area (Å²) in [5.74, 6) is 0. The van der Waals surface area contributed by atoms with E-state index in [1.807, 2.05) is 109 Å². The zero-order valence-electron chi connectivity index (χ0n) is 32.5. The van der Waals surface area contributed by atoms with Crippen LogP contribution in [0.4, 0.5) is 21.0 Å². The average Bonchev–Trinajstić information content (AvgIpc) is 3.22. The van der Waals surface area contributed by atoms with Crippen molar-refractivity contribution >= 4 is 23.6 Å². The highest BCUT2D eigenvalue weighted by atomic mass is 16.6. The zero-order valence-corrected chi connectivity index (χ0v) is 32.5. The maximum atomic E-state index is 12.7. The Hall–Kier alpha value is -4.66. The summed E-state index contributed by atoms with van der Waals surface area (Å²) < 4.78 is 11.6. The van der Waals surface area contributed by atoms with Gasteiger partial charge in [0.15, 0.2) is 0 Å². The number of unbranched alkanes of at least 4 members (excludes halogenated alkanes) is 8. The summed E-state index contributed by atoms with van der Waals surface area (Å²) in [4.78, 5) is 30.5. The van der Waals surface area contributed by atoms with Crippen molar-refractivity contribution in [3.8, 4) is 22.3 Å². The lowest BCUT2D eigenvalue weighted by molar-refractivity contribution is 0.0580. The Morgan fingerprint density at radius 2 is 0.782 bits per heavy atom. The molecule has 0 aromatic heterocycles. The number of benzene rings is 4. The normalized spacial score (nSPS) is 15.7. The highest BCUT2D eigenvalue weighted by Gasteiger charge is 2.24. The van der Waals surface area contributed by atoms with E-state index in [0.717, 1.165) is 98.6 Å². The molecule has 4 aromatic rings. The van der Waals surface area contributed by atoms with Gasteiger partial charge in [0, 0.05) is 37.3 Å². The van der Waals surface area contributed by atoms with E-state index in [9.17, 15) is 9.59 Å². The Balaban J connectivity index is 0.731. The summed E-state index contributed by atoms with van der Waals surface area (Å²) in [6.07, 6.45) is 14.5. The molecule has 2 aliphatic rings. The molecule has 0 saturated carbocycles. The Bertz CT molecular complexity index is 1590. The third kappa shape index (κ3) is 13.3. The van der Waals surface area contributed by atoms with Gasteiger partial charge in [0.05, 0.1) is 11.4 Å². The van der Waals surface area contributed by atoms with E-state index in [4.69, 9.17) is 9.47 Å². The Labute approximate surface area is 328 Å². The summed E-state index contributed by atoms with van der Waals surface area (Å²) in [5.41, 5.74) is 5.68. The fourth-order valence-electron chi connectivity index (χ4n) is 7.91. The molecule has 4 aromatic carbocycles. The summed E-state index contributed by atoms with van der Waals surface area (Å²) >= 11 is 0. The number of ether oxygens (including phenoxy) is 2. The van der Waals surface area contributed by atoms with E-state index in [-0.39, 0.29) is 24.4 Å². The Morgan fingerprint density at radius 3 is 1.16 bits per heavy atom. The van der Waals surface area contributed by atoms with Crippen LogP contribution in [0.2, 0.25) is 0 Å². The summed E-state index contributed by atoms with van der Waals surface area (Å²) in [7, 11) is 0. The molecule has 2 amide bonds. The molecule has 2 heterocycles. The van der Waals surface area contributed by atoms with Crippen molar-refractivity contribution < 1.29 is 19.1 Å². The van der Waals surface area contributed by atoms with Gasteiger partial charge in [-0.05, 0) is 74.9 Å². The molecular weight excluding hydrogens is 685 g/mol. The smallest absolute Gasteiger partial charge is 0.411 e. The molecule has 0 aliphatic carbocycles. The van der Waals surface area contributed by atoms with Gasteiger partial charge in [0.2, 0.25) is 0 Å². The lowest BCUT2D eigenvalue weighted by Gasteiger charge is -2.31. The van der Waals surface area contributed by atoms with E-state index in [0.29, 0.717) is 0 Å². The molecule has 55 heavy (non-hydrogen) atoms. The number of amides is 2. The quantitative estimate of drug-likeness (QED) is 0.0987. The van der Waals surface area contributed by atoms with Crippen LogP contribution in [0, 0.1) is 0 Å². The van der Waals surface area contributed by atoms with Gasteiger partial charge in [-0.3, -0.25) is 10.6 Å². The standard InChI is InChI=1S/C47H60N4O4/c52-46(48-44-26-16-14-24-42(44)38-20-10-8-11-21-38)54-40-28-34-50(35-29-40)32-18-6-4-2-1-3-5-7-19-33-51-36-30-41(31-37-51)55-47(53)49-45-27-17-15-25-43(45)39-22-12-9-13-23-39/h8-17,20-27,40-41H,1-7,18-19,28-37H2,(H,48,52)(H,49,53). The first-order valence-corrected chi connectivity index (χ1v) is 20.8. The van der Waals surface area contributed by atoms with Gasteiger partial charge in [-0.15, -0.1) is 0 Å². The lowest BCUT2D eigenvalue weighted by atomic mass is 10.0. The fraction of sp³-hybridized carbons (Fsp3) is 0.447. The zero-order chi connectivity index (χ0) is 37.9.